The fraction of sp³-hybridized carbons (Fsp3) is 0.130. The largest absolute Gasteiger partial charge is 0.493 e. The molecule has 0 spiro atoms. The first-order valence-electron chi connectivity index (χ1n) is 9.47. The van der Waals surface area contributed by atoms with Crippen LogP contribution in [-0.2, 0) is 16.6 Å². The Balaban J connectivity index is 1.71. The molecule has 0 radical (unpaired) electrons. The molecule has 0 aliphatic carbocycles. The van der Waals surface area contributed by atoms with E-state index in [0.29, 0.717) is 23.8 Å². The first-order chi connectivity index (χ1) is 15.4. The number of benzene rings is 2. The van der Waals surface area contributed by atoms with E-state index in [1.807, 2.05) is 12.1 Å². The highest BCUT2D eigenvalue weighted by atomic mass is 32.2. The van der Waals surface area contributed by atoms with Gasteiger partial charge in [0.2, 0.25) is 10.0 Å². The lowest BCUT2D eigenvalue weighted by molar-refractivity contribution is 0.102. The minimum Gasteiger partial charge on any atom is -0.493 e. The number of hydrogen-bond donors (Lipinski definition) is 2. The van der Waals surface area contributed by atoms with Gasteiger partial charge in [-0.25, -0.2) is 8.42 Å². The number of pyridine rings is 1. The Labute approximate surface area is 186 Å². The monoisotopic (exact) mass is 451 g/mol. The lowest BCUT2D eigenvalue weighted by Crippen LogP contribution is -2.24. The van der Waals surface area contributed by atoms with Gasteiger partial charge in [-0.2, -0.15) is 4.72 Å². The van der Waals surface area contributed by atoms with Gasteiger partial charge in [0.15, 0.2) is 11.5 Å². The molecule has 0 aliphatic heterocycles. The van der Waals surface area contributed by atoms with Crippen molar-refractivity contribution in [3.05, 3.63) is 78.1 Å². The summed E-state index contributed by atoms with van der Waals surface area (Å²) in [6, 6.07) is 14.2. The second kappa shape index (κ2) is 10.4. The van der Waals surface area contributed by atoms with E-state index in [1.54, 1.807) is 30.6 Å². The van der Waals surface area contributed by atoms with E-state index in [4.69, 9.17) is 15.9 Å². The van der Waals surface area contributed by atoms with Crippen LogP contribution in [0.1, 0.15) is 15.9 Å². The van der Waals surface area contributed by atoms with E-state index in [9.17, 15) is 13.2 Å². The normalized spacial score (nSPS) is 10.8. The molecule has 0 unspecified atom stereocenters. The molecule has 0 saturated carbocycles. The maximum absolute atomic E-state index is 12.6. The van der Waals surface area contributed by atoms with Crippen LogP contribution in [0.15, 0.2) is 71.9 Å². The fourth-order valence-electron chi connectivity index (χ4n) is 2.72. The summed E-state index contributed by atoms with van der Waals surface area (Å²) in [5.74, 6) is 2.78. The van der Waals surface area contributed by atoms with Crippen molar-refractivity contribution in [2.45, 2.75) is 11.5 Å². The van der Waals surface area contributed by atoms with Gasteiger partial charge in [0.05, 0.1) is 18.6 Å². The highest BCUT2D eigenvalue weighted by Crippen LogP contribution is 2.31. The molecule has 0 bridgehead atoms. The highest BCUT2D eigenvalue weighted by molar-refractivity contribution is 7.89. The SMILES string of the molecule is C#CCNS(=O)(=O)c1ccc(C(=O)Nc2ccc(OC)c(OCc3ccncc3)c2)cc1. The molecule has 3 rings (SSSR count). The summed E-state index contributed by atoms with van der Waals surface area (Å²) >= 11 is 0. The first-order valence-corrected chi connectivity index (χ1v) is 11.0. The third kappa shape index (κ3) is 5.85. The van der Waals surface area contributed by atoms with Gasteiger partial charge in [-0.15, -0.1) is 6.42 Å². The Kier molecular flexibility index (Phi) is 7.44. The predicted molar refractivity (Wildman–Crippen MR) is 120 cm³/mol. The van der Waals surface area contributed by atoms with Crippen LogP contribution in [0, 0.1) is 12.3 Å². The van der Waals surface area contributed by atoms with E-state index < -0.39 is 15.9 Å². The van der Waals surface area contributed by atoms with Crippen LogP contribution >= 0.6 is 0 Å². The Bertz CT molecular complexity index is 1220. The Hall–Kier alpha value is -3.87. The van der Waals surface area contributed by atoms with Crippen molar-refractivity contribution in [3.8, 4) is 23.8 Å². The molecule has 0 saturated heterocycles. The van der Waals surface area contributed by atoms with Gasteiger partial charge in [0.1, 0.15) is 6.61 Å². The van der Waals surface area contributed by atoms with Gasteiger partial charge < -0.3 is 14.8 Å². The summed E-state index contributed by atoms with van der Waals surface area (Å²) in [4.78, 5) is 16.6. The van der Waals surface area contributed by atoms with Crippen LogP contribution in [0.2, 0.25) is 0 Å². The van der Waals surface area contributed by atoms with Crippen molar-refractivity contribution in [2.75, 3.05) is 19.0 Å². The molecule has 2 aromatic carbocycles. The zero-order valence-corrected chi connectivity index (χ0v) is 18.1. The minimum atomic E-state index is -3.72. The number of carbonyl (C=O) groups excluding carboxylic acids is 1. The van der Waals surface area contributed by atoms with Gasteiger partial charge in [-0.1, -0.05) is 5.92 Å². The van der Waals surface area contributed by atoms with Crippen LogP contribution < -0.4 is 19.5 Å². The van der Waals surface area contributed by atoms with Gasteiger partial charge in [-0.3, -0.25) is 9.78 Å². The van der Waals surface area contributed by atoms with E-state index in [1.165, 1.54) is 31.4 Å². The maximum Gasteiger partial charge on any atom is 0.255 e. The van der Waals surface area contributed by atoms with Gasteiger partial charge in [0.25, 0.3) is 5.91 Å². The Morgan fingerprint density at radius 3 is 2.44 bits per heavy atom. The number of anilines is 1. The Morgan fingerprint density at radius 2 is 1.78 bits per heavy atom. The van der Waals surface area contributed by atoms with Gasteiger partial charge in [-0.05, 0) is 54.1 Å². The molecule has 1 aromatic heterocycles. The number of amides is 1. The van der Waals surface area contributed by atoms with Crippen molar-refractivity contribution in [1.29, 1.82) is 0 Å². The molecule has 0 aliphatic rings. The van der Waals surface area contributed by atoms with E-state index in [0.717, 1.165) is 5.56 Å². The lowest BCUT2D eigenvalue weighted by Gasteiger charge is -2.13. The number of rotatable bonds is 9. The number of ether oxygens (including phenoxy) is 2. The summed E-state index contributed by atoms with van der Waals surface area (Å²) in [5.41, 5.74) is 1.71. The van der Waals surface area contributed by atoms with E-state index >= 15 is 0 Å². The number of aromatic nitrogens is 1. The highest BCUT2D eigenvalue weighted by Gasteiger charge is 2.15. The quantitative estimate of drug-likeness (QED) is 0.485. The summed E-state index contributed by atoms with van der Waals surface area (Å²) in [5, 5.41) is 2.76. The van der Waals surface area contributed by atoms with Crippen LogP contribution in [0.3, 0.4) is 0 Å². The number of carbonyl (C=O) groups is 1. The van der Waals surface area contributed by atoms with Crippen molar-refractivity contribution in [2.24, 2.45) is 0 Å². The molecular formula is C23H21N3O5S. The van der Waals surface area contributed by atoms with Crippen molar-refractivity contribution in [3.63, 3.8) is 0 Å². The zero-order valence-electron chi connectivity index (χ0n) is 17.2. The van der Waals surface area contributed by atoms with Crippen molar-refractivity contribution < 1.29 is 22.7 Å². The number of nitrogens with zero attached hydrogens (tertiary/aromatic N) is 1. The molecule has 0 fully saturated rings. The Morgan fingerprint density at radius 1 is 1.06 bits per heavy atom. The number of sulfonamides is 1. The smallest absolute Gasteiger partial charge is 0.255 e. The van der Waals surface area contributed by atoms with Crippen LogP contribution in [0.25, 0.3) is 0 Å². The third-order valence-electron chi connectivity index (χ3n) is 4.36. The standard InChI is InChI=1S/C23H21N3O5S/c1-3-12-25-32(28,29)20-7-4-18(5-8-20)23(27)26-19-6-9-21(30-2)22(15-19)31-16-17-10-13-24-14-11-17/h1,4-11,13-15,25H,12,16H2,2H3,(H,26,27). The third-order valence-corrected chi connectivity index (χ3v) is 5.77. The molecule has 2 N–H and O–H groups in total. The molecule has 9 heteroatoms. The van der Waals surface area contributed by atoms with Gasteiger partial charge >= 0.3 is 0 Å². The average molecular weight is 452 g/mol. The molecule has 164 valence electrons. The lowest BCUT2D eigenvalue weighted by atomic mass is 10.2. The van der Waals surface area contributed by atoms with Crippen LogP contribution in [0.4, 0.5) is 5.69 Å². The molecule has 1 amide bonds. The number of methoxy groups -OCH3 is 1. The topological polar surface area (TPSA) is 107 Å². The predicted octanol–water partition coefficient (Wildman–Crippen LogP) is 2.83. The second-order valence-electron chi connectivity index (χ2n) is 6.52. The maximum atomic E-state index is 12.6. The van der Waals surface area contributed by atoms with Crippen molar-refractivity contribution in [1.82, 2.24) is 9.71 Å². The number of hydrogen-bond acceptors (Lipinski definition) is 6. The molecule has 0 atom stereocenters. The summed E-state index contributed by atoms with van der Waals surface area (Å²) in [6.07, 6.45) is 8.43. The van der Waals surface area contributed by atoms with Crippen molar-refractivity contribution >= 4 is 21.6 Å². The molecular weight excluding hydrogens is 430 g/mol. The summed E-state index contributed by atoms with van der Waals surface area (Å²) in [7, 11) is -2.20. The molecule has 32 heavy (non-hydrogen) atoms. The summed E-state index contributed by atoms with van der Waals surface area (Å²) in [6.45, 7) is 0.188. The average Bonchev–Trinajstić information content (AvgIpc) is 2.82. The number of nitrogens with one attached hydrogen (secondary N) is 2. The zero-order chi connectivity index (χ0) is 23.0. The van der Waals surface area contributed by atoms with E-state index in [2.05, 4.69) is 20.9 Å². The fourth-order valence-corrected chi connectivity index (χ4v) is 3.65. The van der Waals surface area contributed by atoms with Gasteiger partial charge in [0, 0.05) is 29.7 Å². The first kappa shape index (κ1) is 22.8. The molecule has 8 nitrogen and oxygen atoms in total. The molecule has 1 heterocycles. The minimum absolute atomic E-state index is 0.0144. The van der Waals surface area contributed by atoms with E-state index in [-0.39, 0.29) is 17.0 Å². The molecule has 3 aromatic rings. The van der Waals surface area contributed by atoms with Crippen LogP contribution in [-0.4, -0.2) is 33.0 Å². The second-order valence-corrected chi connectivity index (χ2v) is 8.28. The van der Waals surface area contributed by atoms with Crippen LogP contribution in [0.5, 0.6) is 11.5 Å². The number of terminal acetylenes is 1. The summed E-state index contributed by atoms with van der Waals surface area (Å²) < 4.78 is 37.6.